The van der Waals surface area contributed by atoms with E-state index in [2.05, 4.69) is 38.2 Å². The minimum atomic E-state index is -0.0740. The maximum atomic E-state index is 12.7. The molecule has 5 nitrogen and oxygen atoms in total. The summed E-state index contributed by atoms with van der Waals surface area (Å²) in [7, 11) is 0. The van der Waals surface area contributed by atoms with Crippen LogP contribution < -0.4 is 15.0 Å². The van der Waals surface area contributed by atoms with Gasteiger partial charge in [0.25, 0.3) is 11.8 Å². The first-order valence-electron chi connectivity index (χ1n) is 10.7. The van der Waals surface area contributed by atoms with Crippen molar-refractivity contribution in [3.63, 3.8) is 0 Å². The maximum absolute atomic E-state index is 12.7. The summed E-state index contributed by atoms with van der Waals surface area (Å²) in [5.41, 5.74) is 3.61. The molecule has 1 atom stereocenters. The maximum Gasteiger partial charge on any atom is 0.265 e. The van der Waals surface area contributed by atoms with Crippen LogP contribution in [0.5, 0.6) is 5.75 Å². The van der Waals surface area contributed by atoms with Gasteiger partial charge in [-0.2, -0.15) is 0 Å². The van der Waals surface area contributed by atoms with E-state index < -0.39 is 0 Å². The van der Waals surface area contributed by atoms with Crippen LogP contribution in [0.2, 0.25) is 0 Å². The average molecular weight is 409 g/mol. The van der Waals surface area contributed by atoms with E-state index in [4.69, 9.17) is 4.74 Å². The van der Waals surface area contributed by atoms with Crippen molar-refractivity contribution < 1.29 is 14.3 Å². The minimum absolute atomic E-state index is 0.0197. The molecule has 160 valence electrons. The third-order valence-electron chi connectivity index (χ3n) is 6.11. The van der Waals surface area contributed by atoms with E-state index in [0.29, 0.717) is 12.1 Å². The number of benzene rings is 2. The Morgan fingerprint density at radius 1 is 1.17 bits per heavy atom. The summed E-state index contributed by atoms with van der Waals surface area (Å²) in [6.07, 6.45) is 1.89. The zero-order valence-corrected chi connectivity index (χ0v) is 18.6. The lowest BCUT2D eigenvalue weighted by Crippen LogP contribution is -2.38. The number of nitrogens with zero attached hydrogens (tertiary/aromatic N) is 1. The minimum Gasteiger partial charge on any atom is -0.482 e. The summed E-state index contributed by atoms with van der Waals surface area (Å²) in [6.45, 7) is 11.1. The summed E-state index contributed by atoms with van der Waals surface area (Å²) in [4.78, 5) is 26.7. The molecule has 2 aromatic rings. The molecule has 0 saturated carbocycles. The molecule has 1 heterocycles. The quantitative estimate of drug-likeness (QED) is 0.714. The van der Waals surface area contributed by atoms with Crippen molar-refractivity contribution in [3.05, 3.63) is 59.2 Å². The van der Waals surface area contributed by atoms with Gasteiger partial charge in [-0.15, -0.1) is 0 Å². The third-order valence-corrected chi connectivity index (χ3v) is 6.11. The Morgan fingerprint density at radius 3 is 2.50 bits per heavy atom. The highest BCUT2D eigenvalue weighted by Gasteiger charge is 2.28. The van der Waals surface area contributed by atoms with Crippen LogP contribution in [0.3, 0.4) is 0 Å². The number of ether oxygens (including phenoxy) is 1. The molecule has 1 aliphatic rings. The Hall–Kier alpha value is -2.82. The molecule has 2 aromatic carbocycles. The van der Waals surface area contributed by atoms with Gasteiger partial charge in [0.15, 0.2) is 6.61 Å². The standard InChI is InChI=1S/C25H32N2O3/c1-6-17(3)26-24(29)19-10-8-18(9-11-19)15-27-21-14-20(25(4,5)7-2)12-13-22(21)30-16-23(27)28/h8-14,17H,6-7,15-16H2,1-5H3,(H,26,29)/t17-/m0/s1. The van der Waals surface area contributed by atoms with Crippen LogP contribution in [0.4, 0.5) is 5.69 Å². The van der Waals surface area contributed by atoms with Gasteiger partial charge in [0, 0.05) is 11.6 Å². The van der Waals surface area contributed by atoms with Gasteiger partial charge < -0.3 is 15.0 Å². The smallest absolute Gasteiger partial charge is 0.265 e. The SMILES string of the molecule is CC[C@H](C)NC(=O)c1ccc(CN2C(=O)COc3ccc(C(C)(C)CC)cc32)cc1. The zero-order chi connectivity index (χ0) is 21.9. The number of hydrogen-bond acceptors (Lipinski definition) is 3. The first-order valence-corrected chi connectivity index (χ1v) is 10.7. The molecule has 30 heavy (non-hydrogen) atoms. The number of fused-ring (bicyclic) bond motifs is 1. The molecule has 0 bridgehead atoms. The molecular formula is C25H32N2O3. The third kappa shape index (κ3) is 4.66. The van der Waals surface area contributed by atoms with Crippen LogP contribution in [-0.4, -0.2) is 24.5 Å². The Kier molecular flexibility index (Phi) is 6.49. The lowest BCUT2D eigenvalue weighted by Gasteiger charge is -2.32. The molecule has 0 saturated heterocycles. The van der Waals surface area contributed by atoms with E-state index in [0.717, 1.165) is 29.8 Å². The van der Waals surface area contributed by atoms with E-state index in [-0.39, 0.29) is 29.9 Å². The van der Waals surface area contributed by atoms with Crippen LogP contribution in [0.25, 0.3) is 0 Å². The van der Waals surface area contributed by atoms with Gasteiger partial charge in [0.1, 0.15) is 5.75 Å². The molecule has 3 rings (SSSR count). The highest BCUT2D eigenvalue weighted by molar-refractivity contribution is 5.98. The van der Waals surface area contributed by atoms with Crippen molar-refractivity contribution in [2.75, 3.05) is 11.5 Å². The van der Waals surface area contributed by atoms with Gasteiger partial charge in [0.05, 0.1) is 12.2 Å². The second-order valence-electron chi connectivity index (χ2n) is 8.67. The van der Waals surface area contributed by atoms with E-state index in [1.54, 1.807) is 4.90 Å². The number of rotatable bonds is 7. The Morgan fingerprint density at radius 2 is 1.87 bits per heavy atom. The molecule has 0 aromatic heterocycles. The van der Waals surface area contributed by atoms with Crippen molar-refractivity contribution in [1.82, 2.24) is 5.32 Å². The molecular weight excluding hydrogens is 376 g/mol. The van der Waals surface area contributed by atoms with Crippen molar-refractivity contribution in [2.45, 2.75) is 65.5 Å². The topological polar surface area (TPSA) is 58.6 Å². The predicted octanol–water partition coefficient (Wildman–Crippen LogP) is 4.83. The monoisotopic (exact) mass is 408 g/mol. The summed E-state index contributed by atoms with van der Waals surface area (Å²) in [5.74, 6) is 0.595. The second-order valence-corrected chi connectivity index (χ2v) is 8.67. The average Bonchev–Trinajstić information content (AvgIpc) is 2.75. The fraction of sp³-hybridized carbons (Fsp3) is 0.440. The molecule has 0 spiro atoms. The zero-order valence-electron chi connectivity index (χ0n) is 18.6. The van der Waals surface area contributed by atoms with Crippen molar-refractivity contribution in [1.29, 1.82) is 0 Å². The molecule has 1 aliphatic heterocycles. The van der Waals surface area contributed by atoms with Crippen LogP contribution in [0.15, 0.2) is 42.5 Å². The van der Waals surface area contributed by atoms with E-state index >= 15 is 0 Å². The number of hydrogen-bond donors (Lipinski definition) is 1. The molecule has 5 heteroatoms. The summed E-state index contributed by atoms with van der Waals surface area (Å²) >= 11 is 0. The number of carbonyl (C=O) groups is 2. The molecule has 1 N–H and O–H groups in total. The first-order chi connectivity index (χ1) is 14.2. The van der Waals surface area contributed by atoms with Crippen molar-refractivity contribution in [3.8, 4) is 5.75 Å². The van der Waals surface area contributed by atoms with Crippen molar-refractivity contribution >= 4 is 17.5 Å². The molecule has 0 fully saturated rings. The normalized spacial score (nSPS) is 14.7. The number of anilines is 1. The van der Waals surface area contributed by atoms with E-state index in [9.17, 15) is 9.59 Å². The van der Waals surface area contributed by atoms with Crippen LogP contribution in [0.1, 0.15) is 68.9 Å². The Balaban J connectivity index is 1.83. The Bertz CT molecular complexity index is 918. The van der Waals surface area contributed by atoms with Gasteiger partial charge in [-0.05, 0) is 60.6 Å². The summed E-state index contributed by atoms with van der Waals surface area (Å²) in [5, 5.41) is 2.97. The van der Waals surface area contributed by atoms with Crippen molar-refractivity contribution in [2.24, 2.45) is 0 Å². The van der Waals surface area contributed by atoms with Gasteiger partial charge in [-0.3, -0.25) is 9.59 Å². The lowest BCUT2D eigenvalue weighted by molar-refractivity contribution is -0.121. The predicted molar refractivity (Wildman–Crippen MR) is 120 cm³/mol. The largest absolute Gasteiger partial charge is 0.482 e. The first kappa shape index (κ1) is 21.9. The van der Waals surface area contributed by atoms with E-state index in [1.165, 1.54) is 5.56 Å². The highest BCUT2D eigenvalue weighted by Crippen LogP contribution is 2.38. The van der Waals surface area contributed by atoms with Crippen LogP contribution in [0, 0.1) is 0 Å². The van der Waals surface area contributed by atoms with E-state index in [1.807, 2.05) is 44.2 Å². The number of carbonyl (C=O) groups excluding carboxylic acids is 2. The van der Waals surface area contributed by atoms with Gasteiger partial charge >= 0.3 is 0 Å². The number of amides is 2. The molecule has 2 amide bonds. The second kappa shape index (κ2) is 8.90. The van der Waals surface area contributed by atoms with Crippen LogP contribution in [-0.2, 0) is 16.8 Å². The summed E-state index contributed by atoms with van der Waals surface area (Å²) < 4.78 is 5.66. The van der Waals surface area contributed by atoms with Crippen LogP contribution >= 0.6 is 0 Å². The molecule has 0 aliphatic carbocycles. The molecule has 0 unspecified atom stereocenters. The van der Waals surface area contributed by atoms with Gasteiger partial charge in [0.2, 0.25) is 0 Å². The number of nitrogens with one attached hydrogen (secondary N) is 1. The Labute approximate surface area is 179 Å². The fourth-order valence-corrected chi connectivity index (χ4v) is 3.35. The van der Waals surface area contributed by atoms with Gasteiger partial charge in [-0.25, -0.2) is 0 Å². The molecule has 0 radical (unpaired) electrons. The lowest BCUT2D eigenvalue weighted by atomic mass is 9.82. The highest BCUT2D eigenvalue weighted by atomic mass is 16.5. The fourth-order valence-electron chi connectivity index (χ4n) is 3.35. The van der Waals surface area contributed by atoms with Gasteiger partial charge in [-0.1, -0.05) is 45.9 Å². The summed E-state index contributed by atoms with van der Waals surface area (Å²) in [6, 6.07) is 13.7.